The van der Waals surface area contributed by atoms with Crippen LogP contribution in [0.2, 0.25) is 0 Å². The van der Waals surface area contributed by atoms with E-state index in [-0.39, 0.29) is 16.4 Å². The lowest BCUT2D eigenvalue weighted by atomic mass is 10.2. The molecule has 0 aliphatic carbocycles. The number of halogens is 3. The number of hydrogen-bond acceptors (Lipinski definition) is 5. The molecule has 1 aromatic carbocycles. The van der Waals surface area contributed by atoms with Gasteiger partial charge in [0, 0.05) is 5.75 Å². The van der Waals surface area contributed by atoms with Crippen LogP contribution in [0.5, 0.6) is 0 Å². The van der Waals surface area contributed by atoms with Crippen LogP contribution in [0.25, 0.3) is 5.69 Å². The van der Waals surface area contributed by atoms with Crippen molar-refractivity contribution in [2.24, 2.45) is 0 Å². The SMILES string of the molecule is C=CCSc1ncc(C(=O)OC)c(=O)n1-c1ccc(C(F)(F)F)cc1. The van der Waals surface area contributed by atoms with Crippen LogP contribution in [0, 0.1) is 0 Å². The number of rotatable bonds is 5. The van der Waals surface area contributed by atoms with Gasteiger partial charge in [0.05, 0.1) is 24.6 Å². The van der Waals surface area contributed by atoms with Gasteiger partial charge in [-0.05, 0) is 24.3 Å². The summed E-state index contributed by atoms with van der Waals surface area (Å²) in [5.41, 5.74) is -1.73. The van der Waals surface area contributed by atoms with Gasteiger partial charge in [-0.15, -0.1) is 6.58 Å². The molecule has 0 atom stereocenters. The van der Waals surface area contributed by atoms with Crippen LogP contribution < -0.4 is 5.56 Å². The number of thioether (sulfide) groups is 1. The first kappa shape index (κ1) is 18.8. The zero-order valence-corrected chi connectivity index (χ0v) is 13.9. The summed E-state index contributed by atoms with van der Waals surface area (Å²) in [4.78, 5) is 28.3. The lowest BCUT2D eigenvalue weighted by molar-refractivity contribution is -0.137. The van der Waals surface area contributed by atoms with E-state index in [1.165, 1.54) is 0 Å². The number of methoxy groups -OCH3 is 1. The molecule has 0 amide bonds. The van der Waals surface area contributed by atoms with Crippen molar-refractivity contribution in [3.8, 4) is 5.69 Å². The molecule has 1 aromatic heterocycles. The highest BCUT2D eigenvalue weighted by Crippen LogP contribution is 2.30. The van der Waals surface area contributed by atoms with Gasteiger partial charge < -0.3 is 4.74 Å². The summed E-state index contributed by atoms with van der Waals surface area (Å²) in [5.74, 6) is -0.455. The van der Waals surface area contributed by atoms with E-state index in [9.17, 15) is 22.8 Å². The van der Waals surface area contributed by atoms with Crippen molar-refractivity contribution < 1.29 is 22.7 Å². The molecule has 9 heteroatoms. The number of carbonyl (C=O) groups excluding carboxylic acids is 1. The van der Waals surface area contributed by atoms with E-state index in [1.54, 1.807) is 6.08 Å². The Morgan fingerprint density at radius 2 is 2.00 bits per heavy atom. The van der Waals surface area contributed by atoms with Gasteiger partial charge in [0.2, 0.25) is 0 Å². The number of ether oxygens (including phenoxy) is 1. The fraction of sp³-hybridized carbons (Fsp3) is 0.188. The third kappa shape index (κ3) is 4.11. The number of hydrogen-bond donors (Lipinski definition) is 0. The highest BCUT2D eigenvalue weighted by molar-refractivity contribution is 7.99. The average Bonchev–Trinajstić information content (AvgIpc) is 2.58. The summed E-state index contributed by atoms with van der Waals surface area (Å²) < 4.78 is 43.7. The summed E-state index contributed by atoms with van der Waals surface area (Å²) in [6.45, 7) is 3.56. The predicted molar refractivity (Wildman–Crippen MR) is 87.1 cm³/mol. The molecule has 0 aliphatic rings. The van der Waals surface area contributed by atoms with Gasteiger partial charge in [-0.2, -0.15) is 13.2 Å². The molecular formula is C16H13F3N2O3S. The molecule has 25 heavy (non-hydrogen) atoms. The van der Waals surface area contributed by atoms with E-state index in [0.29, 0.717) is 5.75 Å². The van der Waals surface area contributed by atoms with Crippen molar-refractivity contribution in [2.75, 3.05) is 12.9 Å². The molecule has 0 bridgehead atoms. The van der Waals surface area contributed by atoms with E-state index in [2.05, 4.69) is 16.3 Å². The Morgan fingerprint density at radius 1 is 1.36 bits per heavy atom. The molecule has 5 nitrogen and oxygen atoms in total. The summed E-state index contributed by atoms with van der Waals surface area (Å²) in [5, 5.41) is 0.220. The van der Waals surface area contributed by atoms with E-state index in [4.69, 9.17) is 0 Å². The van der Waals surface area contributed by atoms with E-state index >= 15 is 0 Å². The Bertz CT molecular complexity index is 845. The minimum atomic E-state index is -4.49. The summed E-state index contributed by atoms with van der Waals surface area (Å²) >= 11 is 1.15. The third-order valence-corrected chi connectivity index (χ3v) is 4.07. The average molecular weight is 370 g/mol. The number of benzene rings is 1. The molecular weight excluding hydrogens is 357 g/mol. The fourth-order valence-corrected chi connectivity index (χ4v) is 2.66. The maximum Gasteiger partial charge on any atom is 0.416 e. The van der Waals surface area contributed by atoms with Crippen LogP contribution in [-0.4, -0.2) is 28.4 Å². The molecule has 0 spiro atoms. The van der Waals surface area contributed by atoms with Crippen LogP contribution in [0.4, 0.5) is 13.2 Å². The standard InChI is InChI=1S/C16H13F3N2O3S/c1-3-8-25-15-20-9-12(14(23)24-2)13(22)21(15)11-6-4-10(5-7-11)16(17,18)19/h3-7,9H,1,8H2,2H3. The van der Waals surface area contributed by atoms with Crippen molar-refractivity contribution >= 4 is 17.7 Å². The van der Waals surface area contributed by atoms with Crippen LogP contribution in [0.1, 0.15) is 15.9 Å². The number of alkyl halides is 3. The van der Waals surface area contributed by atoms with Gasteiger partial charge in [-0.3, -0.25) is 9.36 Å². The van der Waals surface area contributed by atoms with Crippen LogP contribution in [0.15, 0.2) is 53.1 Å². The lowest BCUT2D eigenvalue weighted by Gasteiger charge is -2.13. The molecule has 0 N–H and O–H groups in total. The first-order valence-electron chi connectivity index (χ1n) is 6.91. The zero-order valence-electron chi connectivity index (χ0n) is 13.0. The maximum absolute atomic E-state index is 12.7. The topological polar surface area (TPSA) is 61.2 Å². The van der Waals surface area contributed by atoms with Gasteiger partial charge in [-0.1, -0.05) is 17.8 Å². The lowest BCUT2D eigenvalue weighted by Crippen LogP contribution is -2.28. The predicted octanol–water partition coefficient (Wildman–Crippen LogP) is 3.32. The maximum atomic E-state index is 12.7. The number of carbonyl (C=O) groups is 1. The smallest absolute Gasteiger partial charge is 0.416 e. The summed E-state index contributed by atoms with van der Waals surface area (Å²) in [6.07, 6.45) is -1.82. The van der Waals surface area contributed by atoms with E-state index in [0.717, 1.165) is 53.9 Å². The summed E-state index contributed by atoms with van der Waals surface area (Å²) in [6, 6.07) is 4.00. The summed E-state index contributed by atoms with van der Waals surface area (Å²) in [7, 11) is 1.12. The molecule has 0 unspecified atom stereocenters. The molecule has 0 fully saturated rings. The van der Waals surface area contributed by atoms with Crippen LogP contribution in [-0.2, 0) is 10.9 Å². The van der Waals surface area contributed by atoms with Gasteiger partial charge in [0.15, 0.2) is 5.16 Å². The second kappa shape index (κ2) is 7.56. The van der Waals surface area contributed by atoms with Crippen LogP contribution >= 0.6 is 11.8 Å². The minimum absolute atomic E-state index is 0.155. The molecule has 2 aromatic rings. The fourth-order valence-electron chi connectivity index (χ4n) is 1.95. The Balaban J connectivity index is 2.61. The Morgan fingerprint density at radius 3 is 2.52 bits per heavy atom. The Labute approximate surface area is 145 Å². The Hall–Kier alpha value is -2.55. The first-order valence-corrected chi connectivity index (χ1v) is 7.90. The Kier molecular flexibility index (Phi) is 5.68. The van der Waals surface area contributed by atoms with Crippen molar-refractivity contribution in [3.63, 3.8) is 0 Å². The normalized spacial score (nSPS) is 11.2. The molecule has 1 heterocycles. The molecule has 0 saturated heterocycles. The number of aromatic nitrogens is 2. The molecule has 0 radical (unpaired) electrons. The van der Waals surface area contributed by atoms with Crippen molar-refractivity contribution in [3.05, 3.63) is 64.6 Å². The zero-order chi connectivity index (χ0) is 18.6. The van der Waals surface area contributed by atoms with Gasteiger partial charge in [0.25, 0.3) is 5.56 Å². The highest BCUT2D eigenvalue weighted by atomic mass is 32.2. The van der Waals surface area contributed by atoms with Gasteiger partial charge in [0.1, 0.15) is 5.56 Å². The van der Waals surface area contributed by atoms with Crippen molar-refractivity contribution in [1.82, 2.24) is 9.55 Å². The third-order valence-electron chi connectivity index (χ3n) is 3.12. The van der Waals surface area contributed by atoms with E-state index in [1.807, 2.05) is 0 Å². The van der Waals surface area contributed by atoms with Gasteiger partial charge in [-0.25, -0.2) is 9.78 Å². The second-order valence-electron chi connectivity index (χ2n) is 4.73. The largest absolute Gasteiger partial charge is 0.465 e. The van der Waals surface area contributed by atoms with Crippen molar-refractivity contribution in [2.45, 2.75) is 11.3 Å². The van der Waals surface area contributed by atoms with E-state index < -0.39 is 23.3 Å². The van der Waals surface area contributed by atoms with Crippen LogP contribution in [0.3, 0.4) is 0 Å². The van der Waals surface area contributed by atoms with Gasteiger partial charge >= 0.3 is 12.1 Å². The molecule has 132 valence electrons. The van der Waals surface area contributed by atoms with Crippen molar-refractivity contribution in [1.29, 1.82) is 0 Å². The number of esters is 1. The number of nitrogens with zero attached hydrogens (tertiary/aromatic N) is 2. The monoisotopic (exact) mass is 370 g/mol. The quantitative estimate of drug-likeness (QED) is 0.350. The molecule has 0 aliphatic heterocycles. The molecule has 2 rings (SSSR count). The minimum Gasteiger partial charge on any atom is -0.465 e. The second-order valence-corrected chi connectivity index (χ2v) is 5.72. The molecule has 0 saturated carbocycles. The highest BCUT2D eigenvalue weighted by Gasteiger charge is 2.30. The first-order chi connectivity index (χ1) is 11.8.